The van der Waals surface area contributed by atoms with Gasteiger partial charge in [-0.15, -0.1) is 0 Å². The van der Waals surface area contributed by atoms with Gasteiger partial charge < -0.3 is 14.6 Å². The number of nitrogens with one attached hydrogen (secondary N) is 1. The van der Waals surface area contributed by atoms with E-state index in [1.165, 1.54) is 0 Å². The average Bonchev–Trinajstić information content (AvgIpc) is 2.79. The minimum absolute atomic E-state index is 0.350. The van der Waals surface area contributed by atoms with Crippen LogP contribution in [0, 0.1) is 0 Å². The van der Waals surface area contributed by atoms with E-state index in [0.29, 0.717) is 17.8 Å². The minimum Gasteiger partial charge on any atom is -0.367 e. The van der Waals surface area contributed by atoms with E-state index >= 15 is 0 Å². The van der Waals surface area contributed by atoms with Crippen LogP contribution in [0.2, 0.25) is 0 Å². The van der Waals surface area contributed by atoms with Gasteiger partial charge in [0, 0.05) is 19.1 Å². The molecule has 2 rings (SSSR count). The molecule has 5 nitrogen and oxygen atoms in total. The van der Waals surface area contributed by atoms with Crippen molar-refractivity contribution >= 4 is 0 Å². The molecule has 1 aliphatic heterocycles. The monoisotopic (exact) mass is 253 g/mol. The third-order valence-corrected chi connectivity index (χ3v) is 3.44. The van der Waals surface area contributed by atoms with Crippen molar-refractivity contribution in [1.82, 2.24) is 15.5 Å². The fourth-order valence-corrected chi connectivity index (χ4v) is 2.35. The Labute approximate surface area is 108 Å². The summed E-state index contributed by atoms with van der Waals surface area (Å²) in [7, 11) is 0. The van der Waals surface area contributed by atoms with E-state index in [4.69, 9.17) is 9.26 Å². The Bertz CT molecular complexity index is 372. The van der Waals surface area contributed by atoms with Crippen LogP contribution in [0.25, 0.3) is 0 Å². The molecule has 1 aliphatic rings. The van der Waals surface area contributed by atoms with Gasteiger partial charge in [-0.05, 0) is 39.7 Å². The first-order valence-corrected chi connectivity index (χ1v) is 6.84. The summed E-state index contributed by atoms with van der Waals surface area (Å²) in [5.41, 5.74) is -0.360. The molecular formula is C13H23N3O2. The van der Waals surface area contributed by atoms with Gasteiger partial charge in [0.2, 0.25) is 11.7 Å². The van der Waals surface area contributed by atoms with E-state index in [1.807, 2.05) is 0 Å². The molecule has 102 valence electrons. The predicted octanol–water partition coefficient (Wildman–Crippen LogP) is 2.03. The summed E-state index contributed by atoms with van der Waals surface area (Å²) in [5, 5.41) is 7.42. The number of rotatable bonds is 5. The van der Waals surface area contributed by atoms with Gasteiger partial charge in [-0.2, -0.15) is 4.98 Å². The van der Waals surface area contributed by atoms with E-state index in [2.05, 4.69) is 36.2 Å². The number of ether oxygens (including phenoxy) is 1. The molecule has 0 saturated carbocycles. The third-order valence-electron chi connectivity index (χ3n) is 3.44. The van der Waals surface area contributed by atoms with Crippen LogP contribution in [0.1, 0.15) is 51.7 Å². The maximum atomic E-state index is 5.82. The zero-order valence-electron chi connectivity index (χ0n) is 11.5. The highest BCUT2D eigenvalue weighted by molar-refractivity contribution is 5.01. The molecule has 0 bridgehead atoms. The number of aromatic nitrogens is 2. The number of hydrogen-bond acceptors (Lipinski definition) is 5. The van der Waals surface area contributed by atoms with E-state index in [0.717, 1.165) is 38.8 Å². The minimum atomic E-state index is -0.360. The van der Waals surface area contributed by atoms with Crippen LogP contribution in [0.5, 0.6) is 0 Å². The first-order valence-electron chi connectivity index (χ1n) is 6.84. The molecule has 5 heteroatoms. The van der Waals surface area contributed by atoms with Crippen LogP contribution in [-0.4, -0.2) is 29.3 Å². The third kappa shape index (κ3) is 3.09. The Balaban J connectivity index is 2.00. The number of hydrogen-bond donors (Lipinski definition) is 1. The van der Waals surface area contributed by atoms with E-state index in [-0.39, 0.29) is 5.60 Å². The van der Waals surface area contributed by atoms with Gasteiger partial charge in [0.1, 0.15) is 5.60 Å². The van der Waals surface area contributed by atoms with Crippen molar-refractivity contribution in [3.05, 3.63) is 11.7 Å². The summed E-state index contributed by atoms with van der Waals surface area (Å²) in [5.74, 6) is 1.38. The molecule has 18 heavy (non-hydrogen) atoms. The van der Waals surface area contributed by atoms with Gasteiger partial charge in [-0.25, -0.2) is 0 Å². The van der Waals surface area contributed by atoms with Crippen molar-refractivity contribution in [2.24, 2.45) is 0 Å². The molecule has 0 amide bonds. The van der Waals surface area contributed by atoms with Gasteiger partial charge in [0.05, 0.1) is 0 Å². The maximum absolute atomic E-state index is 5.82. The van der Waals surface area contributed by atoms with Crippen LogP contribution < -0.4 is 5.32 Å². The maximum Gasteiger partial charge on any atom is 0.228 e. The average molecular weight is 253 g/mol. The lowest BCUT2D eigenvalue weighted by molar-refractivity contribution is -0.0770. The Morgan fingerprint density at radius 2 is 2.28 bits per heavy atom. The van der Waals surface area contributed by atoms with E-state index in [9.17, 15) is 0 Å². The van der Waals surface area contributed by atoms with E-state index < -0.39 is 0 Å². The zero-order chi connectivity index (χ0) is 13.0. The topological polar surface area (TPSA) is 60.2 Å². The van der Waals surface area contributed by atoms with Crippen molar-refractivity contribution in [3.63, 3.8) is 0 Å². The largest absolute Gasteiger partial charge is 0.367 e. The van der Waals surface area contributed by atoms with Gasteiger partial charge >= 0.3 is 0 Å². The highest BCUT2D eigenvalue weighted by Crippen LogP contribution is 2.32. The molecule has 1 aromatic rings. The van der Waals surface area contributed by atoms with Crippen molar-refractivity contribution < 1.29 is 9.26 Å². The fraction of sp³-hybridized carbons (Fsp3) is 0.846. The predicted molar refractivity (Wildman–Crippen MR) is 68.3 cm³/mol. The van der Waals surface area contributed by atoms with E-state index in [1.54, 1.807) is 0 Å². The lowest BCUT2D eigenvalue weighted by Crippen LogP contribution is -2.31. The second-order valence-corrected chi connectivity index (χ2v) is 5.21. The van der Waals surface area contributed by atoms with Gasteiger partial charge in [0.25, 0.3) is 0 Å². The van der Waals surface area contributed by atoms with Gasteiger partial charge in [-0.3, -0.25) is 0 Å². The highest BCUT2D eigenvalue weighted by atomic mass is 16.5. The lowest BCUT2D eigenvalue weighted by atomic mass is 9.95. The number of nitrogens with zero attached hydrogens (tertiary/aromatic N) is 2. The SMILES string of the molecule is CCNC(C)Cc1nc(C2(C)CCCCO2)no1. The molecule has 1 N–H and O–H groups in total. The van der Waals surface area contributed by atoms with Crippen molar-refractivity contribution in [1.29, 1.82) is 0 Å². The van der Waals surface area contributed by atoms with Crippen LogP contribution in [0.3, 0.4) is 0 Å². The summed E-state index contributed by atoms with van der Waals surface area (Å²) in [6.45, 7) is 7.99. The Hall–Kier alpha value is -0.940. The Kier molecular flexibility index (Phi) is 4.35. The smallest absolute Gasteiger partial charge is 0.228 e. The molecule has 0 spiro atoms. The molecule has 2 unspecified atom stereocenters. The second-order valence-electron chi connectivity index (χ2n) is 5.21. The molecule has 2 atom stereocenters. The molecule has 0 radical (unpaired) electrons. The molecule has 1 aromatic heterocycles. The molecule has 1 fully saturated rings. The standard InChI is InChI=1S/C13H23N3O2/c1-4-14-10(2)9-11-15-12(16-18-11)13(3)7-5-6-8-17-13/h10,14H,4-9H2,1-3H3. The van der Waals surface area contributed by atoms with Crippen molar-refractivity contribution in [3.8, 4) is 0 Å². The Morgan fingerprint density at radius 1 is 1.44 bits per heavy atom. The molecule has 0 aliphatic carbocycles. The summed E-state index contributed by atoms with van der Waals surface area (Å²) >= 11 is 0. The van der Waals surface area contributed by atoms with Crippen LogP contribution in [0.4, 0.5) is 0 Å². The van der Waals surface area contributed by atoms with Crippen LogP contribution >= 0.6 is 0 Å². The Morgan fingerprint density at radius 3 is 2.94 bits per heavy atom. The quantitative estimate of drug-likeness (QED) is 0.870. The lowest BCUT2D eigenvalue weighted by Gasteiger charge is -2.30. The summed E-state index contributed by atoms with van der Waals surface area (Å²) in [4.78, 5) is 4.49. The second kappa shape index (κ2) is 5.80. The van der Waals surface area contributed by atoms with Crippen LogP contribution in [-0.2, 0) is 16.8 Å². The van der Waals surface area contributed by atoms with Gasteiger partial charge in [0.15, 0.2) is 0 Å². The molecule has 2 heterocycles. The first-order chi connectivity index (χ1) is 8.64. The number of likely N-dealkylation sites (N-methyl/N-ethyl adjacent to an activating group) is 1. The van der Waals surface area contributed by atoms with Crippen LogP contribution in [0.15, 0.2) is 4.52 Å². The summed E-state index contributed by atoms with van der Waals surface area (Å²) in [6, 6.07) is 0.350. The first kappa shape index (κ1) is 13.5. The van der Waals surface area contributed by atoms with Gasteiger partial charge in [-0.1, -0.05) is 12.1 Å². The zero-order valence-corrected chi connectivity index (χ0v) is 11.5. The fourth-order valence-electron chi connectivity index (χ4n) is 2.35. The molecule has 0 aromatic carbocycles. The van der Waals surface area contributed by atoms with Crippen molar-refractivity contribution in [2.75, 3.05) is 13.2 Å². The molecule has 1 saturated heterocycles. The normalized spacial score (nSPS) is 26.2. The summed E-state index contributed by atoms with van der Waals surface area (Å²) in [6.07, 6.45) is 4.01. The summed E-state index contributed by atoms with van der Waals surface area (Å²) < 4.78 is 11.1. The molecular weight excluding hydrogens is 230 g/mol. The van der Waals surface area contributed by atoms with Crippen molar-refractivity contribution in [2.45, 2.75) is 58.1 Å². The highest BCUT2D eigenvalue weighted by Gasteiger charge is 2.34.